The van der Waals surface area contributed by atoms with E-state index in [9.17, 15) is 14.4 Å². The number of ether oxygens (including phenoxy) is 18. The highest BCUT2D eigenvalue weighted by molar-refractivity contribution is 6.17. The third kappa shape index (κ3) is 21.1. The zero-order valence-electron chi connectivity index (χ0n) is 44.2. The first-order valence-corrected chi connectivity index (χ1v) is 26.4. The van der Waals surface area contributed by atoms with E-state index >= 15 is 0 Å². The summed E-state index contributed by atoms with van der Waals surface area (Å²) in [4.78, 5) is 44.4. The molecule has 0 radical (unpaired) electrons. The number of carbonyl (C=O) groups excluding carboxylic acids is 3. The second-order valence-electron chi connectivity index (χ2n) is 17.2. The minimum Gasteiger partial charge on any atom is -0.487 e. The van der Waals surface area contributed by atoms with Gasteiger partial charge in [-0.15, -0.1) is 0 Å². The maximum absolute atomic E-state index is 14.8. The predicted octanol–water partition coefficient (Wildman–Crippen LogP) is 4.89. The quantitative estimate of drug-likeness (QED) is 0.235. The van der Waals surface area contributed by atoms with Crippen LogP contribution in [0.4, 0.5) is 0 Å². The minimum atomic E-state index is -0.503. The Labute approximate surface area is 454 Å². The molecule has 0 N–H and O–H groups in total. The second-order valence-corrected chi connectivity index (χ2v) is 17.2. The van der Waals surface area contributed by atoms with Crippen molar-refractivity contribution < 1.29 is 99.6 Å². The van der Waals surface area contributed by atoms with Crippen molar-refractivity contribution in [3.05, 3.63) is 106 Å². The van der Waals surface area contributed by atoms with Gasteiger partial charge in [-0.2, -0.15) is 0 Å². The molecule has 3 heterocycles. The predicted molar refractivity (Wildman–Crippen MR) is 279 cm³/mol. The van der Waals surface area contributed by atoms with Gasteiger partial charge < -0.3 is 85.3 Å². The molecule has 4 aromatic rings. The minimum absolute atomic E-state index is 0.0504. The van der Waals surface area contributed by atoms with Gasteiger partial charge in [-0.1, -0.05) is 0 Å². The van der Waals surface area contributed by atoms with Gasteiger partial charge >= 0.3 is 0 Å². The normalized spacial score (nSPS) is 18.9. The Balaban J connectivity index is 1.19. The van der Waals surface area contributed by atoms with Gasteiger partial charge in [-0.05, 0) is 72.8 Å². The maximum Gasteiger partial charge on any atom is 0.193 e. The molecule has 426 valence electrons. The van der Waals surface area contributed by atoms with Gasteiger partial charge in [-0.3, -0.25) is 14.4 Å². The van der Waals surface area contributed by atoms with E-state index in [1.165, 1.54) is 18.2 Å². The highest BCUT2D eigenvalue weighted by Gasteiger charge is 2.23. The third-order valence-corrected chi connectivity index (χ3v) is 11.6. The summed E-state index contributed by atoms with van der Waals surface area (Å²) in [5.41, 5.74) is 0.747. The smallest absolute Gasteiger partial charge is 0.193 e. The van der Waals surface area contributed by atoms with Gasteiger partial charge in [0.05, 0.1) is 159 Å². The number of hydrogen-bond acceptors (Lipinski definition) is 21. The molecule has 0 saturated heterocycles. The maximum atomic E-state index is 14.8. The number of benzene rings is 4. The average Bonchev–Trinajstić information content (AvgIpc) is 3.47. The van der Waals surface area contributed by atoms with Crippen LogP contribution < -0.4 is 28.4 Å². The molecule has 21 heteroatoms. The number of ketones is 3. The molecule has 0 unspecified atom stereocenters. The SMILES string of the molecule is O=C(c1cc(C(=O)c2ccc3c(c2)OCCOCCOCCOCCOCCO3)cc(C(=O)c2ccc3c(c2)OCCOCCOCCOCCOCCO3)c1)c1ccc2c(c1)OCCOCCOCCOCCOCCO2. The van der Waals surface area contributed by atoms with Crippen LogP contribution in [0.15, 0.2) is 72.8 Å². The van der Waals surface area contributed by atoms with Crippen LogP contribution in [0.5, 0.6) is 34.5 Å². The Bertz CT molecular complexity index is 2140. The fraction of sp³-hybridized carbons (Fsp3) is 0.526. The van der Waals surface area contributed by atoms with Crippen LogP contribution >= 0.6 is 0 Å². The molecule has 3 aliphatic heterocycles. The summed E-state index contributed by atoms with van der Waals surface area (Å²) in [7, 11) is 0. The standard InChI is InChI=1S/C57H72O21/c58-55(43-1-4-49-52(40-43)76-34-28-70-22-16-64-10-7-61-13-19-67-25-31-73-49)46-37-47(56(59)44-2-5-50-53(41-44)77-35-29-71-23-17-65-11-8-62-14-20-68-26-32-74-50)39-48(38-46)57(60)45-3-6-51-54(42-45)78-36-30-72-24-18-66-12-9-63-15-21-69-27-33-75-51/h1-6,37-42H,7-36H2. The van der Waals surface area contributed by atoms with Crippen molar-refractivity contribution in [1.82, 2.24) is 0 Å². The third-order valence-electron chi connectivity index (χ3n) is 11.6. The molecule has 3 aliphatic rings. The molecule has 7 rings (SSSR count). The molecule has 0 atom stereocenters. The largest absolute Gasteiger partial charge is 0.487 e. The Kier molecular flexibility index (Phi) is 27.4. The molecule has 0 spiro atoms. The highest BCUT2D eigenvalue weighted by atomic mass is 16.6. The Morgan fingerprint density at radius 3 is 0.551 bits per heavy atom. The van der Waals surface area contributed by atoms with E-state index in [1.54, 1.807) is 54.6 Å². The van der Waals surface area contributed by atoms with Gasteiger partial charge in [0.25, 0.3) is 0 Å². The van der Waals surface area contributed by atoms with E-state index in [2.05, 4.69) is 0 Å². The molecule has 0 saturated carbocycles. The molecule has 21 nitrogen and oxygen atoms in total. The lowest BCUT2D eigenvalue weighted by molar-refractivity contribution is -0.00841. The molecule has 0 aliphatic carbocycles. The summed E-state index contributed by atoms with van der Waals surface area (Å²) in [5.74, 6) is 0.443. The summed E-state index contributed by atoms with van der Waals surface area (Å²) in [6.45, 7) is 9.62. The Morgan fingerprint density at radius 1 is 0.192 bits per heavy atom. The van der Waals surface area contributed by atoms with E-state index in [1.807, 2.05) is 0 Å². The van der Waals surface area contributed by atoms with Crippen molar-refractivity contribution in [1.29, 1.82) is 0 Å². The average molecular weight is 1090 g/mol. The fourth-order valence-corrected chi connectivity index (χ4v) is 7.71. The van der Waals surface area contributed by atoms with Crippen molar-refractivity contribution in [2.75, 3.05) is 198 Å². The summed E-state index contributed by atoms with van der Waals surface area (Å²) in [6, 6.07) is 18.7. The van der Waals surface area contributed by atoms with E-state index in [0.29, 0.717) is 136 Å². The first kappa shape index (κ1) is 59.9. The molecule has 78 heavy (non-hydrogen) atoms. The zero-order valence-corrected chi connectivity index (χ0v) is 44.2. The van der Waals surface area contributed by atoms with Gasteiger partial charge in [-0.25, -0.2) is 0 Å². The molecule has 4 aromatic carbocycles. The van der Waals surface area contributed by atoms with Crippen molar-refractivity contribution in [2.45, 2.75) is 0 Å². The first-order chi connectivity index (χ1) is 38.5. The fourth-order valence-electron chi connectivity index (χ4n) is 7.71. The molecular weight excluding hydrogens is 1020 g/mol. The van der Waals surface area contributed by atoms with E-state index in [0.717, 1.165) is 0 Å². The van der Waals surface area contributed by atoms with Crippen LogP contribution in [0.2, 0.25) is 0 Å². The summed E-state index contributed by atoms with van der Waals surface area (Å²) in [5, 5.41) is 0. The van der Waals surface area contributed by atoms with E-state index in [-0.39, 0.29) is 130 Å². The van der Waals surface area contributed by atoms with Crippen LogP contribution in [0.3, 0.4) is 0 Å². The molecule has 0 amide bonds. The number of hydrogen-bond donors (Lipinski definition) is 0. The molecule has 0 bridgehead atoms. The van der Waals surface area contributed by atoms with Crippen molar-refractivity contribution in [3.8, 4) is 34.5 Å². The van der Waals surface area contributed by atoms with Crippen LogP contribution in [0, 0.1) is 0 Å². The summed E-state index contributed by atoms with van der Waals surface area (Å²) in [6.07, 6.45) is 0. The van der Waals surface area contributed by atoms with Gasteiger partial charge in [0.1, 0.15) is 39.6 Å². The second kappa shape index (κ2) is 35.7. The lowest BCUT2D eigenvalue weighted by Crippen LogP contribution is -2.16. The van der Waals surface area contributed by atoms with Crippen molar-refractivity contribution in [2.24, 2.45) is 0 Å². The van der Waals surface area contributed by atoms with Gasteiger partial charge in [0.15, 0.2) is 51.8 Å². The number of fused-ring (bicyclic) bond motifs is 3. The summed E-state index contributed by atoms with van der Waals surface area (Å²) >= 11 is 0. The van der Waals surface area contributed by atoms with Gasteiger partial charge in [0.2, 0.25) is 0 Å². The lowest BCUT2D eigenvalue weighted by Gasteiger charge is -2.16. The van der Waals surface area contributed by atoms with Gasteiger partial charge in [0, 0.05) is 33.4 Å². The molecular formula is C57H72O21. The topological polar surface area (TPSA) is 217 Å². The van der Waals surface area contributed by atoms with Crippen LogP contribution in [0.25, 0.3) is 0 Å². The van der Waals surface area contributed by atoms with Crippen LogP contribution in [-0.2, 0) is 56.8 Å². The monoisotopic (exact) mass is 1090 g/mol. The zero-order chi connectivity index (χ0) is 54.1. The Hall–Kier alpha value is -5.79. The first-order valence-electron chi connectivity index (χ1n) is 26.4. The van der Waals surface area contributed by atoms with Crippen LogP contribution in [-0.4, -0.2) is 216 Å². The number of rotatable bonds is 6. The highest BCUT2D eigenvalue weighted by Crippen LogP contribution is 2.34. The van der Waals surface area contributed by atoms with Crippen molar-refractivity contribution >= 4 is 17.3 Å². The van der Waals surface area contributed by atoms with E-state index < -0.39 is 17.3 Å². The summed E-state index contributed by atoms with van der Waals surface area (Å²) < 4.78 is 104. The molecule has 0 fully saturated rings. The molecule has 0 aromatic heterocycles. The lowest BCUT2D eigenvalue weighted by atomic mass is 9.92. The Morgan fingerprint density at radius 2 is 0.359 bits per heavy atom. The van der Waals surface area contributed by atoms with E-state index in [4.69, 9.17) is 85.3 Å². The number of carbonyl (C=O) groups is 3. The van der Waals surface area contributed by atoms with Crippen molar-refractivity contribution in [3.63, 3.8) is 0 Å². The van der Waals surface area contributed by atoms with Crippen LogP contribution in [0.1, 0.15) is 47.8 Å².